The average molecular weight is 287 g/mol. The highest BCUT2D eigenvalue weighted by Crippen LogP contribution is 2.26. The first-order valence-corrected chi connectivity index (χ1v) is 7.56. The molecule has 0 saturated heterocycles. The lowest BCUT2D eigenvalue weighted by molar-refractivity contribution is 0.110. The van der Waals surface area contributed by atoms with E-state index in [1.54, 1.807) is 11.3 Å². The van der Waals surface area contributed by atoms with Crippen molar-refractivity contribution < 1.29 is 9.15 Å². The number of para-hydroxylation sites is 1. The highest BCUT2D eigenvalue weighted by atomic mass is 32.1. The Morgan fingerprint density at radius 3 is 2.85 bits per heavy atom. The second-order valence-corrected chi connectivity index (χ2v) is 5.62. The number of furan rings is 1. The summed E-state index contributed by atoms with van der Waals surface area (Å²) in [5.74, 6) is 0.847. The topological polar surface area (TPSA) is 48.4 Å². The summed E-state index contributed by atoms with van der Waals surface area (Å²) < 4.78 is 11.5. The molecule has 104 valence electrons. The van der Waals surface area contributed by atoms with Crippen molar-refractivity contribution in [1.29, 1.82) is 0 Å². The van der Waals surface area contributed by atoms with Crippen molar-refractivity contribution in [1.82, 2.24) is 0 Å². The fourth-order valence-corrected chi connectivity index (χ4v) is 2.97. The zero-order valence-corrected chi connectivity index (χ0v) is 12.0. The Balaban J connectivity index is 1.65. The molecular formula is C16H17NO2S. The predicted octanol–water partition coefficient (Wildman–Crippen LogP) is 3.71. The van der Waals surface area contributed by atoms with Crippen LogP contribution in [0.3, 0.4) is 0 Å². The molecule has 0 radical (unpaired) electrons. The first-order valence-electron chi connectivity index (χ1n) is 6.68. The number of hydrogen-bond acceptors (Lipinski definition) is 4. The van der Waals surface area contributed by atoms with E-state index in [0.29, 0.717) is 19.8 Å². The van der Waals surface area contributed by atoms with E-state index in [-0.39, 0.29) is 0 Å². The Morgan fingerprint density at radius 1 is 1.15 bits per heavy atom. The van der Waals surface area contributed by atoms with Crippen LogP contribution in [0.2, 0.25) is 0 Å². The predicted molar refractivity (Wildman–Crippen MR) is 81.8 cm³/mol. The highest BCUT2D eigenvalue weighted by Gasteiger charge is 2.12. The second kappa shape index (κ2) is 6.22. The van der Waals surface area contributed by atoms with Crippen LogP contribution in [0.1, 0.15) is 16.2 Å². The number of ether oxygens (including phenoxy) is 1. The quantitative estimate of drug-likeness (QED) is 0.703. The van der Waals surface area contributed by atoms with Gasteiger partial charge in [-0.15, -0.1) is 11.3 Å². The Hall–Kier alpha value is -1.62. The Kier molecular flexibility index (Phi) is 4.16. The van der Waals surface area contributed by atoms with E-state index >= 15 is 0 Å². The number of rotatable bonds is 6. The molecule has 3 aromatic rings. The van der Waals surface area contributed by atoms with Crippen molar-refractivity contribution in [3.63, 3.8) is 0 Å². The van der Waals surface area contributed by atoms with Crippen LogP contribution in [0.5, 0.6) is 0 Å². The van der Waals surface area contributed by atoms with Gasteiger partial charge in [0.1, 0.15) is 18.0 Å². The van der Waals surface area contributed by atoms with Gasteiger partial charge in [-0.1, -0.05) is 24.3 Å². The van der Waals surface area contributed by atoms with Gasteiger partial charge in [0.05, 0.1) is 6.61 Å². The van der Waals surface area contributed by atoms with E-state index in [1.807, 2.05) is 24.3 Å². The molecule has 2 N–H and O–H groups in total. The third kappa shape index (κ3) is 2.77. The molecule has 2 aromatic heterocycles. The molecular weight excluding hydrogens is 270 g/mol. The molecule has 0 atom stereocenters. The van der Waals surface area contributed by atoms with Gasteiger partial charge in [-0.25, -0.2) is 0 Å². The molecule has 0 fully saturated rings. The molecule has 0 saturated carbocycles. The van der Waals surface area contributed by atoms with Crippen molar-refractivity contribution in [3.8, 4) is 0 Å². The highest BCUT2D eigenvalue weighted by molar-refractivity contribution is 7.09. The number of thiophene rings is 1. The van der Waals surface area contributed by atoms with Crippen molar-refractivity contribution in [2.75, 3.05) is 6.61 Å². The number of fused-ring (bicyclic) bond motifs is 1. The number of nitrogens with two attached hydrogens (primary N) is 1. The SMILES string of the molecule is NCc1c(COCCc2cccs2)oc2ccccc12. The van der Waals surface area contributed by atoms with E-state index in [2.05, 4.69) is 17.5 Å². The van der Waals surface area contributed by atoms with Crippen LogP contribution in [0, 0.1) is 0 Å². The molecule has 1 aromatic carbocycles. The van der Waals surface area contributed by atoms with E-state index in [9.17, 15) is 0 Å². The summed E-state index contributed by atoms with van der Waals surface area (Å²) in [4.78, 5) is 1.34. The van der Waals surface area contributed by atoms with Gasteiger partial charge in [0.2, 0.25) is 0 Å². The minimum absolute atomic E-state index is 0.473. The van der Waals surface area contributed by atoms with E-state index in [1.165, 1.54) is 4.88 Å². The lowest BCUT2D eigenvalue weighted by Crippen LogP contribution is -2.02. The monoisotopic (exact) mass is 287 g/mol. The second-order valence-electron chi connectivity index (χ2n) is 4.59. The summed E-state index contributed by atoms with van der Waals surface area (Å²) in [6, 6.07) is 12.2. The fraction of sp³-hybridized carbons (Fsp3) is 0.250. The van der Waals surface area contributed by atoms with Gasteiger partial charge in [0.25, 0.3) is 0 Å². The summed E-state index contributed by atoms with van der Waals surface area (Å²) in [5.41, 5.74) is 7.76. The summed E-state index contributed by atoms with van der Waals surface area (Å²) in [6.45, 7) is 1.65. The Bertz CT molecular complexity index is 673. The number of hydrogen-bond donors (Lipinski definition) is 1. The Labute approximate surface area is 122 Å². The maximum absolute atomic E-state index is 5.83. The maximum atomic E-state index is 5.83. The smallest absolute Gasteiger partial charge is 0.135 e. The van der Waals surface area contributed by atoms with E-state index in [4.69, 9.17) is 14.9 Å². The first-order chi connectivity index (χ1) is 9.88. The van der Waals surface area contributed by atoms with E-state index < -0.39 is 0 Å². The average Bonchev–Trinajstić information content (AvgIpc) is 3.10. The summed E-state index contributed by atoms with van der Waals surface area (Å²) in [7, 11) is 0. The first kappa shape index (κ1) is 13.4. The van der Waals surface area contributed by atoms with Gasteiger partial charge in [-0.2, -0.15) is 0 Å². The molecule has 0 bridgehead atoms. The van der Waals surface area contributed by atoms with Crippen LogP contribution < -0.4 is 5.73 Å². The van der Waals surface area contributed by atoms with Gasteiger partial charge < -0.3 is 14.9 Å². The van der Waals surface area contributed by atoms with E-state index in [0.717, 1.165) is 28.7 Å². The van der Waals surface area contributed by atoms with Crippen molar-refractivity contribution in [2.45, 2.75) is 19.6 Å². The lowest BCUT2D eigenvalue weighted by atomic mass is 10.1. The molecule has 2 heterocycles. The van der Waals surface area contributed by atoms with Crippen molar-refractivity contribution >= 4 is 22.3 Å². The van der Waals surface area contributed by atoms with Crippen LogP contribution in [-0.4, -0.2) is 6.61 Å². The largest absolute Gasteiger partial charge is 0.458 e. The minimum atomic E-state index is 0.473. The molecule has 20 heavy (non-hydrogen) atoms. The third-order valence-corrected chi connectivity index (χ3v) is 4.23. The molecule has 0 unspecified atom stereocenters. The summed E-state index contributed by atoms with van der Waals surface area (Å²) in [5, 5.41) is 3.17. The molecule has 0 aliphatic heterocycles. The van der Waals surface area contributed by atoms with Gasteiger partial charge in [0, 0.05) is 28.8 Å². The maximum Gasteiger partial charge on any atom is 0.135 e. The molecule has 0 amide bonds. The number of benzene rings is 1. The summed E-state index contributed by atoms with van der Waals surface area (Å²) in [6.07, 6.45) is 0.940. The lowest BCUT2D eigenvalue weighted by Gasteiger charge is -2.03. The minimum Gasteiger partial charge on any atom is -0.458 e. The molecule has 0 spiro atoms. The van der Waals surface area contributed by atoms with Crippen LogP contribution in [0.15, 0.2) is 46.2 Å². The van der Waals surface area contributed by atoms with Gasteiger partial charge >= 0.3 is 0 Å². The normalized spacial score (nSPS) is 11.2. The van der Waals surface area contributed by atoms with Crippen LogP contribution in [0.4, 0.5) is 0 Å². The summed E-state index contributed by atoms with van der Waals surface area (Å²) >= 11 is 1.76. The van der Waals surface area contributed by atoms with Crippen molar-refractivity contribution in [2.24, 2.45) is 5.73 Å². The van der Waals surface area contributed by atoms with Gasteiger partial charge in [0.15, 0.2) is 0 Å². The molecule has 3 nitrogen and oxygen atoms in total. The van der Waals surface area contributed by atoms with Crippen molar-refractivity contribution in [3.05, 3.63) is 58.0 Å². The van der Waals surface area contributed by atoms with Crippen LogP contribution in [-0.2, 0) is 24.3 Å². The molecule has 4 heteroatoms. The Morgan fingerprint density at radius 2 is 2.05 bits per heavy atom. The third-order valence-electron chi connectivity index (χ3n) is 3.29. The van der Waals surface area contributed by atoms with Crippen LogP contribution in [0.25, 0.3) is 11.0 Å². The zero-order valence-electron chi connectivity index (χ0n) is 11.2. The standard InChI is InChI=1S/C16H17NO2S/c17-10-14-13-5-1-2-6-15(13)19-16(14)11-18-8-7-12-4-3-9-20-12/h1-6,9H,7-8,10-11,17H2. The van der Waals surface area contributed by atoms with Crippen LogP contribution >= 0.6 is 11.3 Å². The molecule has 0 aliphatic carbocycles. The zero-order chi connectivity index (χ0) is 13.8. The molecule has 0 aliphatic rings. The molecule has 3 rings (SSSR count). The van der Waals surface area contributed by atoms with Gasteiger partial charge in [-0.3, -0.25) is 0 Å². The van der Waals surface area contributed by atoms with Gasteiger partial charge in [-0.05, 0) is 17.5 Å². The fourth-order valence-electron chi connectivity index (χ4n) is 2.28.